The second-order valence-corrected chi connectivity index (χ2v) is 11.2. The maximum Gasteiger partial charge on any atom is 0.254 e. The summed E-state index contributed by atoms with van der Waals surface area (Å²) in [5.41, 5.74) is 13.9. The first-order valence-corrected chi connectivity index (χ1v) is 14.0. The predicted molar refractivity (Wildman–Crippen MR) is 158 cm³/mol. The highest BCUT2D eigenvalue weighted by Crippen LogP contribution is 2.31. The Bertz CT molecular complexity index is 1480. The fourth-order valence-electron chi connectivity index (χ4n) is 6.08. The van der Waals surface area contributed by atoms with Crippen LogP contribution in [0.3, 0.4) is 0 Å². The molecule has 0 aromatic heterocycles. The average molecular weight is 533 g/mol. The number of piperazine rings is 1. The van der Waals surface area contributed by atoms with Crippen molar-refractivity contribution in [3.05, 3.63) is 94.0 Å². The Morgan fingerprint density at radius 3 is 1.88 bits per heavy atom. The molecule has 2 aliphatic rings. The van der Waals surface area contributed by atoms with Crippen LogP contribution in [0.1, 0.15) is 51.0 Å². The third-order valence-corrected chi connectivity index (χ3v) is 8.51. The number of benzene rings is 3. The summed E-state index contributed by atoms with van der Waals surface area (Å²) in [4.78, 5) is 20.0. The number of carbonyl (C=O) groups is 1. The summed E-state index contributed by atoms with van der Waals surface area (Å²) < 4.78 is 0. The Balaban J connectivity index is 1.26. The SMILES string of the molecule is Cc1cc(C)c(C(=O)N2CCN(c3ccccc3C#N)CC2)cc1CC1(N)CCN(c2ccccc2C#N)CC1. The van der Waals surface area contributed by atoms with E-state index in [1.807, 2.05) is 60.4 Å². The molecule has 0 unspecified atom stereocenters. The molecule has 2 fully saturated rings. The summed E-state index contributed by atoms with van der Waals surface area (Å²) in [6.07, 6.45) is 2.34. The van der Waals surface area contributed by atoms with Crippen LogP contribution in [-0.2, 0) is 6.42 Å². The lowest BCUT2D eigenvalue weighted by molar-refractivity contribution is 0.0746. The summed E-state index contributed by atoms with van der Waals surface area (Å²) in [5, 5.41) is 19.0. The molecule has 0 saturated carbocycles. The van der Waals surface area contributed by atoms with Crippen LogP contribution < -0.4 is 15.5 Å². The summed E-state index contributed by atoms with van der Waals surface area (Å²) >= 11 is 0. The molecule has 7 nitrogen and oxygen atoms in total. The minimum Gasteiger partial charge on any atom is -0.370 e. The number of piperidine rings is 1. The van der Waals surface area contributed by atoms with Crippen molar-refractivity contribution in [3.8, 4) is 12.1 Å². The number of rotatable bonds is 5. The Hall–Kier alpha value is -4.33. The Morgan fingerprint density at radius 1 is 0.800 bits per heavy atom. The van der Waals surface area contributed by atoms with Gasteiger partial charge in [-0.25, -0.2) is 0 Å². The second kappa shape index (κ2) is 11.4. The van der Waals surface area contributed by atoms with E-state index in [0.717, 1.165) is 59.6 Å². The van der Waals surface area contributed by atoms with Crippen LogP contribution >= 0.6 is 0 Å². The molecule has 5 rings (SSSR count). The van der Waals surface area contributed by atoms with Crippen LogP contribution in [0.4, 0.5) is 11.4 Å². The molecule has 0 atom stereocenters. The number of hydrogen-bond acceptors (Lipinski definition) is 6. The number of nitriles is 2. The molecule has 0 spiro atoms. The van der Waals surface area contributed by atoms with Crippen LogP contribution in [0, 0.1) is 36.5 Å². The first-order valence-electron chi connectivity index (χ1n) is 14.0. The van der Waals surface area contributed by atoms with Gasteiger partial charge in [0, 0.05) is 50.4 Å². The van der Waals surface area contributed by atoms with Crippen molar-refractivity contribution < 1.29 is 4.79 Å². The van der Waals surface area contributed by atoms with E-state index >= 15 is 0 Å². The maximum absolute atomic E-state index is 13.7. The zero-order valence-electron chi connectivity index (χ0n) is 23.4. The Labute approximate surface area is 237 Å². The smallest absolute Gasteiger partial charge is 0.254 e. The fourth-order valence-corrected chi connectivity index (χ4v) is 6.08. The van der Waals surface area contributed by atoms with Gasteiger partial charge in [0.05, 0.1) is 22.5 Å². The van der Waals surface area contributed by atoms with Crippen molar-refractivity contribution in [1.29, 1.82) is 10.5 Å². The number of amides is 1. The number of carbonyl (C=O) groups excluding carboxylic acids is 1. The van der Waals surface area contributed by atoms with Crippen molar-refractivity contribution in [2.75, 3.05) is 49.1 Å². The highest BCUT2D eigenvalue weighted by Gasteiger charge is 2.33. The second-order valence-electron chi connectivity index (χ2n) is 11.2. The minimum atomic E-state index is -0.363. The van der Waals surface area contributed by atoms with E-state index in [2.05, 4.69) is 41.0 Å². The number of anilines is 2. The molecular weight excluding hydrogens is 496 g/mol. The number of para-hydroxylation sites is 2. The van der Waals surface area contributed by atoms with E-state index < -0.39 is 0 Å². The monoisotopic (exact) mass is 532 g/mol. The normalized spacial score (nSPS) is 16.8. The third kappa shape index (κ3) is 5.52. The van der Waals surface area contributed by atoms with E-state index in [-0.39, 0.29) is 11.4 Å². The molecular formula is C33H36N6O. The maximum atomic E-state index is 13.7. The quantitative estimate of drug-likeness (QED) is 0.518. The molecule has 2 aliphatic heterocycles. The van der Waals surface area contributed by atoms with E-state index in [1.165, 1.54) is 0 Å². The van der Waals surface area contributed by atoms with Crippen molar-refractivity contribution in [2.24, 2.45) is 5.73 Å². The molecule has 204 valence electrons. The molecule has 0 aliphatic carbocycles. The van der Waals surface area contributed by atoms with E-state index in [1.54, 1.807) is 0 Å². The molecule has 40 heavy (non-hydrogen) atoms. The Morgan fingerprint density at radius 2 is 1.32 bits per heavy atom. The van der Waals surface area contributed by atoms with Crippen LogP contribution in [0.5, 0.6) is 0 Å². The molecule has 3 aromatic carbocycles. The average Bonchev–Trinajstić information content (AvgIpc) is 2.98. The van der Waals surface area contributed by atoms with Crippen molar-refractivity contribution in [1.82, 2.24) is 4.90 Å². The van der Waals surface area contributed by atoms with Gasteiger partial charge in [-0.15, -0.1) is 0 Å². The lowest BCUT2D eigenvalue weighted by atomic mass is 9.80. The van der Waals surface area contributed by atoms with Gasteiger partial charge in [0.1, 0.15) is 12.1 Å². The van der Waals surface area contributed by atoms with Gasteiger partial charge in [-0.1, -0.05) is 30.3 Å². The highest BCUT2D eigenvalue weighted by molar-refractivity contribution is 5.96. The van der Waals surface area contributed by atoms with Crippen molar-refractivity contribution in [2.45, 2.75) is 38.6 Å². The summed E-state index contributed by atoms with van der Waals surface area (Å²) in [7, 11) is 0. The van der Waals surface area contributed by atoms with E-state index in [4.69, 9.17) is 5.73 Å². The van der Waals surface area contributed by atoms with E-state index in [0.29, 0.717) is 43.7 Å². The molecule has 2 saturated heterocycles. The summed E-state index contributed by atoms with van der Waals surface area (Å²) in [6.45, 7) is 8.32. The van der Waals surface area contributed by atoms with Gasteiger partial charge in [0.25, 0.3) is 5.91 Å². The van der Waals surface area contributed by atoms with Crippen molar-refractivity contribution in [3.63, 3.8) is 0 Å². The molecule has 1 amide bonds. The van der Waals surface area contributed by atoms with Gasteiger partial charge in [0.15, 0.2) is 0 Å². The summed E-state index contributed by atoms with van der Waals surface area (Å²) in [6, 6.07) is 24.1. The molecule has 3 aromatic rings. The van der Waals surface area contributed by atoms with Crippen molar-refractivity contribution >= 4 is 17.3 Å². The van der Waals surface area contributed by atoms with Crippen LogP contribution in [0.2, 0.25) is 0 Å². The number of hydrogen-bond donors (Lipinski definition) is 1. The first-order chi connectivity index (χ1) is 19.3. The molecule has 0 bridgehead atoms. The number of nitrogens with zero attached hydrogens (tertiary/aromatic N) is 5. The first kappa shape index (κ1) is 27.2. The van der Waals surface area contributed by atoms with Gasteiger partial charge >= 0.3 is 0 Å². The molecule has 2 N–H and O–H groups in total. The summed E-state index contributed by atoms with van der Waals surface area (Å²) in [5.74, 6) is 0.0565. The van der Waals surface area contributed by atoms with E-state index in [9.17, 15) is 15.3 Å². The fraction of sp³-hybridized carbons (Fsp3) is 0.364. The van der Waals surface area contributed by atoms with Crippen LogP contribution in [-0.4, -0.2) is 55.6 Å². The molecule has 7 heteroatoms. The van der Waals surface area contributed by atoms with Gasteiger partial charge in [-0.3, -0.25) is 4.79 Å². The minimum absolute atomic E-state index is 0.0565. The predicted octanol–water partition coefficient (Wildman–Crippen LogP) is 4.55. The third-order valence-electron chi connectivity index (χ3n) is 8.51. The Kier molecular flexibility index (Phi) is 7.78. The largest absolute Gasteiger partial charge is 0.370 e. The number of aryl methyl sites for hydroxylation is 2. The van der Waals surface area contributed by atoms with Gasteiger partial charge in [-0.05, 0) is 80.1 Å². The van der Waals surface area contributed by atoms with Gasteiger partial charge < -0.3 is 20.4 Å². The zero-order valence-corrected chi connectivity index (χ0v) is 23.4. The molecule has 0 radical (unpaired) electrons. The van der Waals surface area contributed by atoms with Crippen LogP contribution in [0.25, 0.3) is 0 Å². The topological polar surface area (TPSA) is 100 Å². The lowest BCUT2D eigenvalue weighted by Gasteiger charge is -2.41. The number of nitrogens with two attached hydrogens (primary N) is 1. The van der Waals surface area contributed by atoms with Gasteiger partial charge in [0.2, 0.25) is 0 Å². The standard InChI is InChI=1S/C33H36N6O/c1-24-19-25(2)29(32(40)39-17-15-38(16-18-39)31-10-6-4-8-27(31)23-35)20-28(24)21-33(36)11-13-37(14-12-33)30-9-5-3-7-26(30)22-34/h3-10,19-20H,11-18,21,36H2,1-2H3. The van der Waals surface area contributed by atoms with Crippen LogP contribution in [0.15, 0.2) is 60.7 Å². The molecule has 2 heterocycles. The zero-order chi connectivity index (χ0) is 28.3. The lowest BCUT2D eigenvalue weighted by Crippen LogP contribution is -2.52. The highest BCUT2D eigenvalue weighted by atomic mass is 16.2. The van der Waals surface area contributed by atoms with Gasteiger partial charge in [-0.2, -0.15) is 10.5 Å².